The molecule has 8 heteroatoms. The molecule has 0 atom stereocenters. The van der Waals surface area contributed by atoms with Crippen molar-refractivity contribution in [3.8, 4) is 5.75 Å². The molecule has 1 aliphatic heterocycles. The fourth-order valence-electron chi connectivity index (χ4n) is 3.44. The first-order chi connectivity index (χ1) is 12.5. The second kappa shape index (κ2) is 7.74. The van der Waals surface area contributed by atoms with Crippen molar-refractivity contribution in [2.45, 2.75) is 37.6 Å². The van der Waals surface area contributed by atoms with E-state index in [1.54, 1.807) is 24.3 Å². The van der Waals surface area contributed by atoms with Gasteiger partial charge < -0.3 is 21.1 Å². The normalized spacial score (nSPS) is 18.3. The number of amides is 4. The number of nitrogens with zero attached hydrogens (tertiary/aromatic N) is 1. The first-order valence-corrected chi connectivity index (χ1v) is 8.91. The van der Waals surface area contributed by atoms with Gasteiger partial charge in [-0.15, -0.1) is 0 Å². The van der Waals surface area contributed by atoms with Gasteiger partial charge in [-0.3, -0.25) is 14.5 Å². The minimum Gasteiger partial charge on any atom is -0.492 e. The van der Waals surface area contributed by atoms with Crippen LogP contribution in [0.4, 0.5) is 10.5 Å². The number of imide groups is 1. The summed E-state index contributed by atoms with van der Waals surface area (Å²) in [7, 11) is 0. The van der Waals surface area contributed by atoms with Crippen molar-refractivity contribution < 1.29 is 19.1 Å². The van der Waals surface area contributed by atoms with E-state index in [0.29, 0.717) is 37.4 Å². The molecule has 1 saturated carbocycles. The summed E-state index contributed by atoms with van der Waals surface area (Å²) < 4.78 is 5.37. The molecule has 1 aromatic rings. The van der Waals surface area contributed by atoms with E-state index in [0.717, 1.165) is 17.7 Å². The fraction of sp³-hybridized carbons (Fsp3) is 0.500. The van der Waals surface area contributed by atoms with E-state index in [4.69, 9.17) is 10.5 Å². The van der Waals surface area contributed by atoms with Crippen LogP contribution >= 0.6 is 0 Å². The lowest BCUT2D eigenvalue weighted by Gasteiger charge is -2.19. The van der Waals surface area contributed by atoms with Crippen LogP contribution in [0.25, 0.3) is 0 Å². The van der Waals surface area contributed by atoms with Gasteiger partial charge in [0.25, 0.3) is 5.91 Å². The van der Waals surface area contributed by atoms with Gasteiger partial charge in [-0.1, -0.05) is 12.8 Å². The smallest absolute Gasteiger partial charge is 0.325 e. The van der Waals surface area contributed by atoms with Gasteiger partial charge in [0.2, 0.25) is 5.91 Å². The summed E-state index contributed by atoms with van der Waals surface area (Å²) in [6.45, 7) is 0.942. The maximum absolute atomic E-state index is 12.5. The van der Waals surface area contributed by atoms with Crippen molar-refractivity contribution in [2.24, 2.45) is 5.73 Å². The molecular formula is C18H24N4O4. The lowest BCUT2D eigenvalue weighted by molar-refractivity contribution is -0.131. The predicted octanol–water partition coefficient (Wildman–Crippen LogP) is 1.22. The van der Waals surface area contributed by atoms with Crippen LogP contribution < -0.4 is 21.1 Å². The first kappa shape index (κ1) is 18.2. The summed E-state index contributed by atoms with van der Waals surface area (Å²) in [6, 6.07) is 6.54. The molecule has 0 bridgehead atoms. The molecule has 2 aliphatic rings. The fourth-order valence-corrected chi connectivity index (χ4v) is 3.44. The molecule has 1 heterocycles. The SMILES string of the molecule is NCCOc1ccc(NC(=O)CCN2C(=O)NC3(CCCC3)C2=O)cc1. The van der Waals surface area contributed by atoms with Gasteiger partial charge >= 0.3 is 6.03 Å². The van der Waals surface area contributed by atoms with Crippen LogP contribution in [0.2, 0.25) is 0 Å². The highest BCUT2D eigenvalue weighted by Crippen LogP contribution is 2.35. The minimum atomic E-state index is -0.729. The van der Waals surface area contributed by atoms with Crippen LogP contribution in [0, 0.1) is 0 Å². The topological polar surface area (TPSA) is 114 Å². The number of ether oxygens (including phenoxy) is 1. The first-order valence-electron chi connectivity index (χ1n) is 8.91. The van der Waals surface area contributed by atoms with Crippen molar-refractivity contribution in [1.82, 2.24) is 10.2 Å². The highest BCUT2D eigenvalue weighted by atomic mass is 16.5. The zero-order chi connectivity index (χ0) is 18.6. The lowest BCUT2D eigenvalue weighted by Crippen LogP contribution is -2.44. The van der Waals surface area contributed by atoms with Crippen molar-refractivity contribution in [3.63, 3.8) is 0 Å². The number of nitrogens with two attached hydrogens (primary N) is 1. The van der Waals surface area contributed by atoms with Crippen LogP contribution in [-0.4, -0.2) is 48.0 Å². The standard InChI is InChI=1S/C18H24N4O4/c19-10-12-26-14-5-3-13(4-6-14)20-15(23)7-11-22-16(24)18(21-17(22)25)8-1-2-9-18/h3-6H,1-2,7-12,19H2,(H,20,23)(H,21,25). The van der Waals surface area contributed by atoms with Gasteiger partial charge in [-0.05, 0) is 37.1 Å². The van der Waals surface area contributed by atoms with E-state index in [1.165, 1.54) is 0 Å². The largest absolute Gasteiger partial charge is 0.492 e. The van der Waals surface area contributed by atoms with Crippen molar-refractivity contribution >= 4 is 23.5 Å². The molecule has 0 radical (unpaired) electrons. The number of carbonyl (C=O) groups is 3. The average molecular weight is 360 g/mol. The molecule has 0 aromatic heterocycles. The third kappa shape index (κ3) is 3.80. The quantitative estimate of drug-likeness (QED) is 0.633. The third-order valence-electron chi connectivity index (χ3n) is 4.79. The third-order valence-corrected chi connectivity index (χ3v) is 4.79. The molecule has 1 aromatic carbocycles. The van der Waals surface area contributed by atoms with E-state index < -0.39 is 11.6 Å². The molecule has 3 rings (SSSR count). The van der Waals surface area contributed by atoms with E-state index in [1.807, 2.05) is 0 Å². The Bertz CT molecular complexity index is 683. The highest BCUT2D eigenvalue weighted by molar-refractivity contribution is 6.07. The van der Waals surface area contributed by atoms with Gasteiger partial charge in [0.15, 0.2) is 0 Å². The van der Waals surface area contributed by atoms with Crippen LogP contribution in [0.5, 0.6) is 5.75 Å². The molecule has 8 nitrogen and oxygen atoms in total. The number of carbonyl (C=O) groups excluding carboxylic acids is 3. The Hall–Kier alpha value is -2.61. The number of hydrogen-bond acceptors (Lipinski definition) is 5. The monoisotopic (exact) mass is 360 g/mol. The number of anilines is 1. The summed E-state index contributed by atoms with van der Waals surface area (Å²) in [5.41, 5.74) is 5.27. The summed E-state index contributed by atoms with van der Waals surface area (Å²) in [4.78, 5) is 37.9. The molecule has 4 amide bonds. The Morgan fingerprint density at radius 2 is 1.92 bits per heavy atom. The Morgan fingerprint density at radius 3 is 2.58 bits per heavy atom. The Morgan fingerprint density at radius 1 is 1.23 bits per heavy atom. The molecule has 1 spiro atoms. The average Bonchev–Trinajstić information content (AvgIpc) is 3.19. The summed E-state index contributed by atoms with van der Waals surface area (Å²) >= 11 is 0. The highest BCUT2D eigenvalue weighted by Gasteiger charge is 2.52. The number of hydrogen-bond donors (Lipinski definition) is 3. The number of benzene rings is 1. The van der Waals surface area contributed by atoms with Gasteiger partial charge in [-0.2, -0.15) is 0 Å². The van der Waals surface area contributed by atoms with Gasteiger partial charge in [0.1, 0.15) is 17.9 Å². The van der Waals surface area contributed by atoms with Crippen LogP contribution in [0.3, 0.4) is 0 Å². The Labute approximate surface area is 152 Å². The molecule has 0 unspecified atom stereocenters. The zero-order valence-electron chi connectivity index (χ0n) is 14.6. The maximum atomic E-state index is 12.5. The van der Waals surface area contributed by atoms with Crippen molar-refractivity contribution in [2.75, 3.05) is 25.0 Å². The van der Waals surface area contributed by atoms with E-state index in [9.17, 15) is 14.4 Å². The van der Waals surface area contributed by atoms with Crippen molar-refractivity contribution in [1.29, 1.82) is 0 Å². The van der Waals surface area contributed by atoms with E-state index in [2.05, 4.69) is 10.6 Å². The predicted molar refractivity (Wildman–Crippen MR) is 95.7 cm³/mol. The maximum Gasteiger partial charge on any atom is 0.325 e. The van der Waals surface area contributed by atoms with Crippen LogP contribution in [0.15, 0.2) is 24.3 Å². The van der Waals surface area contributed by atoms with E-state index >= 15 is 0 Å². The van der Waals surface area contributed by atoms with Gasteiger partial charge in [0, 0.05) is 25.2 Å². The zero-order valence-corrected chi connectivity index (χ0v) is 14.6. The summed E-state index contributed by atoms with van der Waals surface area (Å²) in [5.74, 6) is 0.220. The minimum absolute atomic E-state index is 0.0562. The van der Waals surface area contributed by atoms with Gasteiger partial charge in [0.05, 0.1) is 0 Å². The molecule has 1 saturated heterocycles. The lowest BCUT2D eigenvalue weighted by atomic mass is 9.98. The summed E-state index contributed by atoms with van der Waals surface area (Å²) in [5, 5.41) is 5.56. The Balaban J connectivity index is 1.49. The second-order valence-electron chi connectivity index (χ2n) is 6.64. The number of nitrogens with one attached hydrogen (secondary N) is 2. The van der Waals surface area contributed by atoms with Crippen molar-refractivity contribution in [3.05, 3.63) is 24.3 Å². The number of urea groups is 1. The molecule has 2 fully saturated rings. The molecule has 1 aliphatic carbocycles. The number of rotatable bonds is 7. The van der Waals surface area contributed by atoms with Crippen LogP contribution in [-0.2, 0) is 9.59 Å². The van der Waals surface area contributed by atoms with Gasteiger partial charge in [-0.25, -0.2) is 4.79 Å². The molecular weight excluding hydrogens is 336 g/mol. The van der Waals surface area contributed by atoms with Crippen LogP contribution in [0.1, 0.15) is 32.1 Å². The molecule has 26 heavy (non-hydrogen) atoms. The Kier molecular flexibility index (Phi) is 5.41. The molecule has 140 valence electrons. The molecule has 4 N–H and O–H groups in total. The van der Waals surface area contributed by atoms with E-state index in [-0.39, 0.29) is 24.8 Å². The second-order valence-corrected chi connectivity index (χ2v) is 6.64. The summed E-state index contributed by atoms with van der Waals surface area (Å²) in [6.07, 6.45) is 3.29.